The number of carbonyl (C=O) groups excluding carboxylic acids is 3. The molecule has 4 atom stereocenters. The Balaban J connectivity index is 1.96. The van der Waals surface area contributed by atoms with Crippen LogP contribution in [0.3, 0.4) is 0 Å². The molecule has 0 aliphatic heterocycles. The van der Waals surface area contributed by atoms with Gasteiger partial charge in [0.1, 0.15) is 22.8 Å². The van der Waals surface area contributed by atoms with Crippen LogP contribution in [0.25, 0.3) is 0 Å². The third-order valence-electron chi connectivity index (χ3n) is 7.40. The molecule has 9 nitrogen and oxygen atoms in total. The van der Waals surface area contributed by atoms with Gasteiger partial charge in [0.25, 0.3) is 5.91 Å². The highest BCUT2D eigenvalue weighted by Crippen LogP contribution is 2.52. The molecule has 1 aromatic rings. The number of primary amides is 1. The van der Waals surface area contributed by atoms with Crippen molar-refractivity contribution in [2.75, 3.05) is 14.1 Å². The van der Waals surface area contributed by atoms with Gasteiger partial charge in [-0.15, -0.1) is 0 Å². The van der Waals surface area contributed by atoms with Crippen molar-refractivity contribution in [1.82, 2.24) is 4.90 Å². The van der Waals surface area contributed by atoms with E-state index < -0.39 is 63.5 Å². The van der Waals surface area contributed by atoms with Crippen LogP contribution in [0.2, 0.25) is 0 Å². The molecule has 0 saturated heterocycles. The molecule has 1 amide bonds. The molecule has 0 aromatic heterocycles. The lowest BCUT2D eigenvalue weighted by molar-refractivity contribution is -0.148. The molecule has 0 bridgehead atoms. The van der Waals surface area contributed by atoms with Gasteiger partial charge in [0, 0.05) is 17.1 Å². The molecule has 0 unspecified atom stereocenters. The van der Waals surface area contributed by atoms with Crippen LogP contribution < -0.4 is 5.73 Å². The van der Waals surface area contributed by atoms with Crippen LogP contribution in [0.1, 0.15) is 48.7 Å². The summed E-state index contributed by atoms with van der Waals surface area (Å²) in [4.78, 5) is 40.4. The predicted octanol–water partition coefficient (Wildman–Crippen LogP) is 1.42. The number of carbonyl (C=O) groups is 3. The Morgan fingerprint density at radius 3 is 2.29 bits per heavy atom. The highest BCUT2D eigenvalue weighted by atomic mass is 16.3. The fourth-order valence-corrected chi connectivity index (χ4v) is 5.83. The molecule has 3 aliphatic carbocycles. The first-order valence-electron chi connectivity index (χ1n) is 11.1. The first-order chi connectivity index (χ1) is 15.6. The molecule has 4 rings (SSSR count). The van der Waals surface area contributed by atoms with Crippen LogP contribution in [-0.4, -0.2) is 68.5 Å². The summed E-state index contributed by atoms with van der Waals surface area (Å²) in [6, 6.07) is 2.55. The molecular formula is C25H30N2O7. The van der Waals surface area contributed by atoms with E-state index >= 15 is 0 Å². The topological polar surface area (TPSA) is 161 Å². The summed E-state index contributed by atoms with van der Waals surface area (Å²) in [6.45, 7) is 5.67. The van der Waals surface area contributed by atoms with E-state index in [-0.39, 0.29) is 29.7 Å². The van der Waals surface area contributed by atoms with E-state index in [1.54, 1.807) is 26.2 Å². The molecule has 0 radical (unpaired) electrons. The number of allylic oxidation sites excluding steroid dienone is 1. The number of aromatic hydroxyl groups is 1. The third-order valence-corrected chi connectivity index (χ3v) is 7.40. The fourth-order valence-electron chi connectivity index (χ4n) is 5.83. The number of fused-ring (bicyclic) bond motifs is 3. The van der Waals surface area contributed by atoms with Crippen molar-refractivity contribution < 1.29 is 34.8 Å². The largest absolute Gasteiger partial charge is 0.510 e. The molecule has 0 saturated carbocycles. The number of nitrogens with two attached hydrogens (primary N) is 1. The van der Waals surface area contributed by atoms with E-state index in [2.05, 4.69) is 0 Å². The van der Waals surface area contributed by atoms with E-state index in [4.69, 9.17) is 5.73 Å². The predicted molar refractivity (Wildman–Crippen MR) is 122 cm³/mol. The van der Waals surface area contributed by atoms with Gasteiger partial charge in [0.15, 0.2) is 11.4 Å². The number of benzene rings is 1. The number of likely N-dealkylation sites (N-methyl/N-ethyl adjacent to an activating group) is 1. The number of aliphatic hydroxyl groups excluding tert-OH is 2. The zero-order valence-electron chi connectivity index (χ0n) is 19.8. The third kappa shape index (κ3) is 3.03. The second-order valence-electron chi connectivity index (χ2n) is 10.7. The van der Waals surface area contributed by atoms with Crippen molar-refractivity contribution in [3.63, 3.8) is 0 Å². The SMILES string of the molecule is CN(C)[C@@H]1C(O)=C(C(N)=O)C(=O)[C@@]2(O)C(O)=C3C(=O)c4c(ccc(C(C)(C)C)c4O)C[C@@H]3C[C@@H]12. The van der Waals surface area contributed by atoms with Crippen LogP contribution in [0, 0.1) is 11.8 Å². The Kier molecular flexibility index (Phi) is 5.23. The van der Waals surface area contributed by atoms with E-state index in [0.717, 1.165) is 0 Å². The summed E-state index contributed by atoms with van der Waals surface area (Å²) in [7, 11) is 3.19. The maximum atomic E-state index is 13.6. The lowest BCUT2D eigenvalue weighted by Gasteiger charge is -2.50. The van der Waals surface area contributed by atoms with E-state index in [1.165, 1.54) is 4.90 Å². The molecule has 1 aromatic carbocycles. The standard InChI is InChI=1S/C25H30N2O7/c1-24(2,3)12-7-6-10-8-11-9-13-17(27(4)5)20(30)16(23(26)33)22(32)25(13,34)21(31)15(11)19(29)14(10)18(12)28/h6-7,11,13,17,28,30-31,34H,8-9H2,1-5H3,(H2,26,33)/t11-,13+,17+,25+/m1/s1. The smallest absolute Gasteiger partial charge is 0.255 e. The molecule has 182 valence electrons. The lowest BCUT2D eigenvalue weighted by atomic mass is 9.58. The first kappa shape index (κ1) is 24.0. The van der Waals surface area contributed by atoms with E-state index in [1.807, 2.05) is 20.8 Å². The minimum Gasteiger partial charge on any atom is -0.510 e. The summed E-state index contributed by atoms with van der Waals surface area (Å²) in [6.07, 6.45) is 0.361. The van der Waals surface area contributed by atoms with Gasteiger partial charge in [-0.3, -0.25) is 19.3 Å². The molecular weight excluding hydrogens is 440 g/mol. The van der Waals surface area contributed by atoms with Crippen LogP contribution in [0.4, 0.5) is 0 Å². The van der Waals surface area contributed by atoms with Gasteiger partial charge >= 0.3 is 0 Å². The summed E-state index contributed by atoms with van der Waals surface area (Å²) < 4.78 is 0. The van der Waals surface area contributed by atoms with Crippen molar-refractivity contribution in [3.8, 4) is 5.75 Å². The Morgan fingerprint density at radius 1 is 1.15 bits per heavy atom. The maximum Gasteiger partial charge on any atom is 0.255 e. The average molecular weight is 471 g/mol. The molecule has 9 heteroatoms. The number of Topliss-reactive ketones (excluding diaryl/α,β-unsaturated/α-hetero) is 2. The number of amides is 1. The van der Waals surface area contributed by atoms with Crippen LogP contribution in [-0.2, 0) is 21.4 Å². The molecule has 0 spiro atoms. The number of rotatable bonds is 2. The van der Waals surface area contributed by atoms with Crippen molar-refractivity contribution in [2.45, 2.75) is 50.7 Å². The van der Waals surface area contributed by atoms with Gasteiger partial charge in [0.2, 0.25) is 5.78 Å². The number of nitrogens with zero attached hydrogens (tertiary/aromatic N) is 1. The normalized spacial score (nSPS) is 29.2. The van der Waals surface area contributed by atoms with E-state index in [0.29, 0.717) is 11.1 Å². The quantitative estimate of drug-likeness (QED) is 0.406. The van der Waals surface area contributed by atoms with Gasteiger partial charge in [0.05, 0.1) is 11.6 Å². The van der Waals surface area contributed by atoms with Crippen molar-refractivity contribution in [1.29, 1.82) is 0 Å². The van der Waals surface area contributed by atoms with Gasteiger partial charge in [-0.2, -0.15) is 0 Å². The second kappa shape index (κ2) is 7.41. The maximum absolute atomic E-state index is 13.6. The molecule has 0 fully saturated rings. The molecule has 3 aliphatic rings. The zero-order valence-corrected chi connectivity index (χ0v) is 19.8. The summed E-state index contributed by atoms with van der Waals surface area (Å²) in [5.74, 6) is -6.38. The monoisotopic (exact) mass is 470 g/mol. The molecule has 6 N–H and O–H groups in total. The highest BCUT2D eigenvalue weighted by Gasteiger charge is 2.63. The number of hydrogen-bond acceptors (Lipinski definition) is 8. The number of phenols is 1. The average Bonchev–Trinajstić information content (AvgIpc) is 2.69. The van der Waals surface area contributed by atoms with Gasteiger partial charge in [-0.25, -0.2) is 0 Å². The van der Waals surface area contributed by atoms with Crippen LogP contribution >= 0.6 is 0 Å². The van der Waals surface area contributed by atoms with Gasteiger partial charge < -0.3 is 26.2 Å². The summed E-state index contributed by atoms with van der Waals surface area (Å²) in [5, 5.41) is 44.6. The molecule has 0 heterocycles. The van der Waals surface area contributed by atoms with Crippen molar-refractivity contribution in [3.05, 3.63) is 51.5 Å². The molecule has 34 heavy (non-hydrogen) atoms. The Labute approximate surface area is 197 Å². The Bertz CT molecular complexity index is 1200. The second-order valence-corrected chi connectivity index (χ2v) is 10.7. The van der Waals surface area contributed by atoms with Gasteiger partial charge in [-0.05, 0) is 43.8 Å². The van der Waals surface area contributed by atoms with Crippen molar-refractivity contribution >= 4 is 17.5 Å². The van der Waals surface area contributed by atoms with Crippen molar-refractivity contribution in [2.24, 2.45) is 17.6 Å². The van der Waals surface area contributed by atoms with Crippen LogP contribution in [0.5, 0.6) is 5.75 Å². The van der Waals surface area contributed by atoms with Crippen LogP contribution in [0.15, 0.2) is 34.8 Å². The Hall–Kier alpha value is -3.17. The summed E-state index contributed by atoms with van der Waals surface area (Å²) >= 11 is 0. The van der Waals surface area contributed by atoms with E-state index in [9.17, 15) is 34.8 Å². The Morgan fingerprint density at radius 2 is 1.76 bits per heavy atom. The number of phenolic OH excluding ortho intramolecular Hbond substituents is 1. The highest BCUT2D eigenvalue weighted by molar-refractivity contribution is 6.24. The minimum atomic E-state index is -2.62. The number of ketones is 2. The fraction of sp³-hybridized carbons (Fsp3) is 0.480. The lowest BCUT2D eigenvalue weighted by Crippen LogP contribution is -2.63. The number of aliphatic hydroxyl groups is 3. The summed E-state index contributed by atoms with van der Waals surface area (Å²) in [5.41, 5.74) is 2.47. The zero-order chi connectivity index (χ0) is 25.5. The minimum absolute atomic E-state index is 0.0354. The number of hydrogen-bond donors (Lipinski definition) is 5. The van der Waals surface area contributed by atoms with Gasteiger partial charge in [-0.1, -0.05) is 32.9 Å². The first-order valence-corrected chi connectivity index (χ1v) is 11.1.